The first-order valence-electron chi connectivity index (χ1n) is 7.68. The van der Waals surface area contributed by atoms with Gasteiger partial charge in [0.25, 0.3) is 0 Å². The normalized spacial score (nSPS) is 23.7. The molecule has 1 aliphatic rings. The Kier molecular flexibility index (Phi) is 5.93. The lowest BCUT2D eigenvalue weighted by Gasteiger charge is -2.28. The van der Waals surface area contributed by atoms with Gasteiger partial charge in [0.2, 0.25) is 0 Å². The summed E-state index contributed by atoms with van der Waals surface area (Å²) in [5.74, 6) is 1.64. The van der Waals surface area contributed by atoms with Gasteiger partial charge in [0, 0.05) is 12.1 Å². The van der Waals surface area contributed by atoms with Crippen LogP contribution in [0.3, 0.4) is 0 Å². The van der Waals surface area contributed by atoms with Crippen molar-refractivity contribution in [3.8, 4) is 0 Å². The topological polar surface area (TPSA) is 34.4 Å². The van der Waals surface area contributed by atoms with Crippen LogP contribution in [0.5, 0.6) is 0 Å². The standard InChI is InChI=1S/C16H27NO2/c1-3-8-17-10-14-9-15(18-11-14)12-19-16-7-5-4-6-13(16)2/h9,11,13,16-17H,3-8,10,12H2,1-2H3. The van der Waals surface area contributed by atoms with Crippen molar-refractivity contribution in [1.82, 2.24) is 5.32 Å². The summed E-state index contributed by atoms with van der Waals surface area (Å²) in [7, 11) is 0. The summed E-state index contributed by atoms with van der Waals surface area (Å²) >= 11 is 0. The minimum absolute atomic E-state index is 0.417. The highest BCUT2D eigenvalue weighted by Gasteiger charge is 2.22. The van der Waals surface area contributed by atoms with Crippen LogP contribution in [0.1, 0.15) is 57.3 Å². The minimum atomic E-state index is 0.417. The van der Waals surface area contributed by atoms with Crippen LogP contribution < -0.4 is 5.32 Å². The second-order valence-electron chi connectivity index (χ2n) is 5.71. The molecule has 2 unspecified atom stereocenters. The third-order valence-electron chi connectivity index (χ3n) is 3.94. The number of hydrogen-bond donors (Lipinski definition) is 1. The zero-order valence-electron chi connectivity index (χ0n) is 12.3. The Morgan fingerprint density at radius 1 is 1.37 bits per heavy atom. The molecule has 19 heavy (non-hydrogen) atoms. The molecule has 0 spiro atoms. The molecule has 1 heterocycles. The molecule has 108 valence electrons. The van der Waals surface area contributed by atoms with Crippen LogP contribution in [-0.4, -0.2) is 12.6 Å². The van der Waals surface area contributed by atoms with E-state index in [-0.39, 0.29) is 0 Å². The van der Waals surface area contributed by atoms with Crippen molar-refractivity contribution in [1.29, 1.82) is 0 Å². The van der Waals surface area contributed by atoms with Crippen molar-refractivity contribution in [3.05, 3.63) is 23.7 Å². The van der Waals surface area contributed by atoms with Gasteiger partial charge in [-0.25, -0.2) is 0 Å². The van der Waals surface area contributed by atoms with E-state index in [2.05, 4.69) is 25.2 Å². The summed E-state index contributed by atoms with van der Waals surface area (Å²) in [5.41, 5.74) is 1.21. The molecule has 1 N–H and O–H groups in total. The lowest BCUT2D eigenvalue weighted by molar-refractivity contribution is -0.0219. The molecule has 0 amide bonds. The molecule has 2 rings (SSSR count). The third kappa shape index (κ3) is 4.66. The molecule has 3 nitrogen and oxygen atoms in total. The Morgan fingerprint density at radius 3 is 3.00 bits per heavy atom. The van der Waals surface area contributed by atoms with Crippen LogP contribution in [0, 0.1) is 5.92 Å². The Morgan fingerprint density at radius 2 is 2.21 bits per heavy atom. The van der Waals surface area contributed by atoms with E-state index in [0.29, 0.717) is 18.6 Å². The zero-order chi connectivity index (χ0) is 13.5. The monoisotopic (exact) mass is 265 g/mol. The molecule has 1 aromatic rings. The number of rotatable bonds is 7. The van der Waals surface area contributed by atoms with Gasteiger partial charge < -0.3 is 14.5 Å². The van der Waals surface area contributed by atoms with Crippen molar-refractivity contribution in [2.24, 2.45) is 5.92 Å². The van der Waals surface area contributed by atoms with Gasteiger partial charge in [-0.15, -0.1) is 0 Å². The average Bonchev–Trinajstić information content (AvgIpc) is 2.86. The maximum absolute atomic E-state index is 6.01. The van der Waals surface area contributed by atoms with E-state index in [9.17, 15) is 0 Å². The molecule has 0 aliphatic heterocycles. The average molecular weight is 265 g/mol. The van der Waals surface area contributed by atoms with Crippen LogP contribution >= 0.6 is 0 Å². The quantitative estimate of drug-likeness (QED) is 0.760. The first-order valence-corrected chi connectivity index (χ1v) is 7.68. The fourth-order valence-electron chi connectivity index (χ4n) is 2.72. The van der Waals surface area contributed by atoms with E-state index in [1.54, 1.807) is 0 Å². The van der Waals surface area contributed by atoms with Gasteiger partial charge in [-0.05, 0) is 37.8 Å². The number of nitrogens with one attached hydrogen (secondary N) is 1. The van der Waals surface area contributed by atoms with Crippen molar-refractivity contribution in [2.45, 2.75) is 65.2 Å². The van der Waals surface area contributed by atoms with Crippen LogP contribution in [-0.2, 0) is 17.9 Å². The predicted octanol–water partition coefficient (Wildman–Crippen LogP) is 3.87. The largest absolute Gasteiger partial charge is 0.467 e. The molecule has 2 atom stereocenters. The van der Waals surface area contributed by atoms with Gasteiger partial charge in [0.15, 0.2) is 0 Å². The molecular formula is C16H27NO2. The first kappa shape index (κ1) is 14.6. The maximum atomic E-state index is 6.01. The predicted molar refractivity (Wildman–Crippen MR) is 76.9 cm³/mol. The summed E-state index contributed by atoms with van der Waals surface area (Å²) in [5, 5.41) is 3.38. The summed E-state index contributed by atoms with van der Waals surface area (Å²) in [6.45, 7) is 7.02. The molecule has 1 saturated carbocycles. The molecule has 0 aromatic carbocycles. The number of furan rings is 1. The molecule has 1 aliphatic carbocycles. The Hall–Kier alpha value is -0.800. The second-order valence-corrected chi connectivity index (χ2v) is 5.71. The maximum Gasteiger partial charge on any atom is 0.129 e. The van der Waals surface area contributed by atoms with Gasteiger partial charge in [-0.3, -0.25) is 0 Å². The van der Waals surface area contributed by atoms with Crippen molar-refractivity contribution in [3.63, 3.8) is 0 Å². The van der Waals surface area contributed by atoms with E-state index in [0.717, 1.165) is 25.3 Å². The lowest BCUT2D eigenvalue weighted by atomic mass is 9.88. The molecule has 0 saturated heterocycles. The van der Waals surface area contributed by atoms with Crippen molar-refractivity contribution >= 4 is 0 Å². The Balaban J connectivity index is 1.73. The summed E-state index contributed by atoms with van der Waals surface area (Å²) in [6, 6.07) is 2.11. The highest BCUT2D eigenvalue weighted by atomic mass is 16.5. The van der Waals surface area contributed by atoms with Crippen LogP contribution in [0.25, 0.3) is 0 Å². The SMILES string of the molecule is CCCNCc1coc(COC2CCCCC2C)c1. The third-order valence-corrected chi connectivity index (χ3v) is 3.94. The van der Waals surface area contributed by atoms with E-state index in [4.69, 9.17) is 9.15 Å². The number of ether oxygens (including phenoxy) is 1. The molecule has 1 aromatic heterocycles. The van der Waals surface area contributed by atoms with Crippen LogP contribution in [0.4, 0.5) is 0 Å². The summed E-state index contributed by atoms with van der Waals surface area (Å²) in [4.78, 5) is 0. The van der Waals surface area contributed by atoms with E-state index < -0.39 is 0 Å². The van der Waals surface area contributed by atoms with E-state index in [1.165, 1.54) is 31.2 Å². The Labute approximate surface area is 116 Å². The number of hydrogen-bond acceptors (Lipinski definition) is 3. The lowest BCUT2D eigenvalue weighted by Crippen LogP contribution is -2.25. The zero-order valence-corrected chi connectivity index (χ0v) is 12.3. The fourth-order valence-corrected chi connectivity index (χ4v) is 2.72. The van der Waals surface area contributed by atoms with Gasteiger partial charge in [-0.1, -0.05) is 26.7 Å². The highest BCUT2D eigenvalue weighted by Crippen LogP contribution is 2.27. The van der Waals surface area contributed by atoms with Crippen LogP contribution in [0.15, 0.2) is 16.7 Å². The van der Waals surface area contributed by atoms with Gasteiger partial charge >= 0.3 is 0 Å². The smallest absolute Gasteiger partial charge is 0.129 e. The molecule has 0 radical (unpaired) electrons. The van der Waals surface area contributed by atoms with Gasteiger partial charge in [-0.2, -0.15) is 0 Å². The van der Waals surface area contributed by atoms with Gasteiger partial charge in [0.1, 0.15) is 12.4 Å². The summed E-state index contributed by atoms with van der Waals surface area (Å²) < 4.78 is 11.6. The van der Waals surface area contributed by atoms with Crippen LogP contribution in [0.2, 0.25) is 0 Å². The molecule has 0 bridgehead atoms. The molecular weight excluding hydrogens is 238 g/mol. The minimum Gasteiger partial charge on any atom is -0.467 e. The molecule has 1 fully saturated rings. The Bertz CT molecular complexity index is 361. The highest BCUT2D eigenvalue weighted by molar-refractivity contribution is 5.12. The van der Waals surface area contributed by atoms with E-state index in [1.807, 2.05) is 6.26 Å². The van der Waals surface area contributed by atoms with Gasteiger partial charge in [0.05, 0.1) is 12.4 Å². The van der Waals surface area contributed by atoms with Crippen molar-refractivity contribution in [2.75, 3.05) is 6.54 Å². The fraction of sp³-hybridized carbons (Fsp3) is 0.750. The van der Waals surface area contributed by atoms with E-state index >= 15 is 0 Å². The second kappa shape index (κ2) is 7.71. The molecule has 3 heteroatoms. The van der Waals surface area contributed by atoms with Crippen molar-refractivity contribution < 1.29 is 9.15 Å². The first-order chi connectivity index (χ1) is 9.29. The summed E-state index contributed by atoms with van der Waals surface area (Å²) in [6.07, 6.45) is 8.58.